The number of rotatable bonds is 2. The molecule has 0 amide bonds. The first-order valence-corrected chi connectivity index (χ1v) is 7.37. The lowest BCUT2D eigenvalue weighted by molar-refractivity contribution is 0.362. The van der Waals surface area contributed by atoms with E-state index in [4.69, 9.17) is 11.6 Å². The van der Waals surface area contributed by atoms with Crippen molar-refractivity contribution in [2.75, 3.05) is 0 Å². The summed E-state index contributed by atoms with van der Waals surface area (Å²) >= 11 is 6.30. The second kappa shape index (κ2) is 5.32. The van der Waals surface area contributed by atoms with Gasteiger partial charge in [-0.1, -0.05) is 55.3 Å². The zero-order valence-electron chi connectivity index (χ0n) is 10.6. The molecule has 0 spiro atoms. The van der Waals surface area contributed by atoms with Crippen molar-refractivity contribution in [3.05, 3.63) is 48.0 Å². The normalized spacial score (nSPS) is 24.3. The van der Waals surface area contributed by atoms with Gasteiger partial charge in [-0.05, 0) is 41.5 Å². The molecule has 1 saturated carbocycles. The summed E-state index contributed by atoms with van der Waals surface area (Å²) in [7, 11) is 0. The maximum absolute atomic E-state index is 6.30. The van der Waals surface area contributed by atoms with Crippen molar-refractivity contribution in [3.8, 4) is 0 Å². The van der Waals surface area contributed by atoms with Crippen LogP contribution in [-0.2, 0) is 6.42 Å². The van der Waals surface area contributed by atoms with Crippen LogP contribution in [0.4, 0.5) is 0 Å². The van der Waals surface area contributed by atoms with Crippen LogP contribution in [0.2, 0.25) is 0 Å². The van der Waals surface area contributed by atoms with E-state index in [-0.39, 0.29) is 0 Å². The van der Waals surface area contributed by atoms with Crippen LogP contribution in [0.15, 0.2) is 42.5 Å². The highest BCUT2D eigenvalue weighted by molar-refractivity contribution is 6.20. The predicted molar refractivity (Wildman–Crippen MR) is 79.3 cm³/mol. The molecule has 1 heteroatoms. The smallest absolute Gasteiger partial charge is 0.0338 e. The van der Waals surface area contributed by atoms with E-state index in [0.717, 1.165) is 5.92 Å². The van der Waals surface area contributed by atoms with Crippen LogP contribution in [-0.4, -0.2) is 5.38 Å². The van der Waals surface area contributed by atoms with E-state index in [0.29, 0.717) is 5.38 Å². The Morgan fingerprint density at radius 2 is 1.83 bits per heavy atom. The lowest BCUT2D eigenvalue weighted by atomic mass is 9.83. The lowest BCUT2D eigenvalue weighted by Gasteiger charge is -2.25. The molecule has 3 rings (SSSR count). The standard InChI is InChI=1S/C17H19Cl/c18-16-9-3-5-13(12-16)11-15-8-4-7-14-6-1-2-10-17(14)15/h1-2,4,6-8,10,13,16H,3,5,9,11-12H2. The molecule has 0 aromatic heterocycles. The largest absolute Gasteiger partial charge is 0.123 e. The van der Waals surface area contributed by atoms with Gasteiger partial charge < -0.3 is 0 Å². The van der Waals surface area contributed by atoms with Crippen molar-refractivity contribution < 1.29 is 0 Å². The molecular formula is C17H19Cl. The summed E-state index contributed by atoms with van der Waals surface area (Å²) in [5.74, 6) is 0.770. The van der Waals surface area contributed by atoms with E-state index in [1.54, 1.807) is 0 Å². The quantitative estimate of drug-likeness (QED) is 0.651. The van der Waals surface area contributed by atoms with Crippen LogP contribution in [0.1, 0.15) is 31.2 Å². The van der Waals surface area contributed by atoms with Gasteiger partial charge in [-0.2, -0.15) is 0 Å². The third-order valence-corrected chi connectivity index (χ3v) is 4.50. The average Bonchev–Trinajstić information content (AvgIpc) is 2.39. The lowest BCUT2D eigenvalue weighted by Crippen LogP contribution is -2.17. The monoisotopic (exact) mass is 258 g/mol. The number of hydrogen-bond acceptors (Lipinski definition) is 0. The summed E-state index contributed by atoms with van der Waals surface area (Å²) in [6, 6.07) is 15.3. The molecule has 2 aromatic carbocycles. The van der Waals surface area contributed by atoms with E-state index >= 15 is 0 Å². The van der Waals surface area contributed by atoms with E-state index in [9.17, 15) is 0 Å². The van der Waals surface area contributed by atoms with Crippen molar-refractivity contribution in [1.82, 2.24) is 0 Å². The van der Waals surface area contributed by atoms with E-state index in [1.807, 2.05) is 0 Å². The second-order valence-electron chi connectivity index (χ2n) is 5.47. The SMILES string of the molecule is ClC1CCCC(Cc2cccc3ccccc23)C1. The Morgan fingerprint density at radius 3 is 2.72 bits per heavy atom. The summed E-state index contributed by atoms with van der Waals surface area (Å²) in [6.45, 7) is 0. The molecule has 0 N–H and O–H groups in total. The summed E-state index contributed by atoms with van der Waals surface area (Å²) in [6.07, 6.45) is 6.21. The minimum atomic E-state index is 0.402. The molecule has 0 radical (unpaired) electrons. The molecule has 0 nitrogen and oxygen atoms in total. The highest BCUT2D eigenvalue weighted by Gasteiger charge is 2.20. The van der Waals surface area contributed by atoms with E-state index in [1.165, 1.54) is 48.4 Å². The number of halogens is 1. The first-order chi connectivity index (χ1) is 8.83. The third-order valence-electron chi connectivity index (χ3n) is 4.11. The predicted octanol–water partition coefficient (Wildman–Crippen LogP) is 5.18. The minimum absolute atomic E-state index is 0.402. The van der Waals surface area contributed by atoms with Gasteiger partial charge in [0, 0.05) is 5.38 Å². The van der Waals surface area contributed by atoms with Gasteiger partial charge in [-0.3, -0.25) is 0 Å². The zero-order valence-corrected chi connectivity index (χ0v) is 11.4. The Kier molecular flexibility index (Phi) is 3.56. The van der Waals surface area contributed by atoms with Crippen LogP contribution in [0.3, 0.4) is 0 Å². The summed E-state index contributed by atoms with van der Waals surface area (Å²) in [5.41, 5.74) is 1.49. The molecule has 94 valence electrons. The van der Waals surface area contributed by atoms with Gasteiger partial charge in [0.05, 0.1) is 0 Å². The summed E-state index contributed by atoms with van der Waals surface area (Å²) < 4.78 is 0. The van der Waals surface area contributed by atoms with Crippen LogP contribution in [0.25, 0.3) is 10.8 Å². The third kappa shape index (κ3) is 2.54. The van der Waals surface area contributed by atoms with Crippen molar-refractivity contribution in [3.63, 3.8) is 0 Å². The molecule has 0 aliphatic heterocycles. The van der Waals surface area contributed by atoms with Crippen LogP contribution in [0, 0.1) is 5.92 Å². The Morgan fingerprint density at radius 1 is 1.00 bits per heavy atom. The molecule has 1 aliphatic carbocycles. The molecule has 18 heavy (non-hydrogen) atoms. The molecule has 1 aliphatic rings. The van der Waals surface area contributed by atoms with Gasteiger partial charge in [-0.15, -0.1) is 11.6 Å². The number of alkyl halides is 1. The van der Waals surface area contributed by atoms with Gasteiger partial charge in [0.2, 0.25) is 0 Å². The van der Waals surface area contributed by atoms with Crippen LogP contribution in [0.5, 0.6) is 0 Å². The first kappa shape index (κ1) is 12.0. The fourth-order valence-electron chi connectivity index (χ4n) is 3.19. The molecule has 0 heterocycles. The topological polar surface area (TPSA) is 0 Å². The molecule has 2 aromatic rings. The van der Waals surface area contributed by atoms with E-state index < -0.39 is 0 Å². The van der Waals surface area contributed by atoms with Crippen molar-refractivity contribution in [2.24, 2.45) is 5.92 Å². The average molecular weight is 259 g/mol. The van der Waals surface area contributed by atoms with Gasteiger partial charge in [0.15, 0.2) is 0 Å². The fraction of sp³-hybridized carbons (Fsp3) is 0.412. The number of fused-ring (bicyclic) bond motifs is 1. The molecule has 0 saturated heterocycles. The fourth-order valence-corrected chi connectivity index (χ4v) is 3.60. The van der Waals surface area contributed by atoms with Crippen molar-refractivity contribution in [1.29, 1.82) is 0 Å². The summed E-state index contributed by atoms with van der Waals surface area (Å²) in [4.78, 5) is 0. The van der Waals surface area contributed by atoms with Crippen LogP contribution < -0.4 is 0 Å². The second-order valence-corrected chi connectivity index (χ2v) is 6.09. The molecular weight excluding hydrogens is 240 g/mol. The first-order valence-electron chi connectivity index (χ1n) is 6.93. The highest BCUT2D eigenvalue weighted by atomic mass is 35.5. The van der Waals surface area contributed by atoms with Gasteiger partial charge in [-0.25, -0.2) is 0 Å². The Labute approximate surface area is 114 Å². The maximum Gasteiger partial charge on any atom is 0.0338 e. The molecule has 2 unspecified atom stereocenters. The van der Waals surface area contributed by atoms with E-state index in [2.05, 4.69) is 42.5 Å². The number of hydrogen-bond donors (Lipinski definition) is 0. The zero-order chi connectivity index (χ0) is 12.4. The number of benzene rings is 2. The Hall–Kier alpha value is -1.01. The minimum Gasteiger partial charge on any atom is -0.123 e. The summed E-state index contributed by atoms with van der Waals surface area (Å²) in [5, 5.41) is 3.17. The Bertz CT molecular complexity index is 527. The van der Waals surface area contributed by atoms with Gasteiger partial charge in [0.25, 0.3) is 0 Å². The van der Waals surface area contributed by atoms with Crippen molar-refractivity contribution >= 4 is 22.4 Å². The molecule has 0 bridgehead atoms. The maximum atomic E-state index is 6.30. The van der Waals surface area contributed by atoms with Gasteiger partial charge >= 0.3 is 0 Å². The Balaban J connectivity index is 1.86. The molecule has 1 fully saturated rings. The molecule has 2 atom stereocenters. The van der Waals surface area contributed by atoms with Gasteiger partial charge in [0.1, 0.15) is 0 Å². The van der Waals surface area contributed by atoms with Crippen molar-refractivity contribution in [2.45, 2.75) is 37.5 Å². The highest BCUT2D eigenvalue weighted by Crippen LogP contribution is 2.32. The van der Waals surface area contributed by atoms with Crippen LogP contribution >= 0.6 is 11.6 Å².